The molecule has 0 radical (unpaired) electrons. The minimum atomic E-state index is -0.253. The lowest BCUT2D eigenvalue weighted by atomic mass is 9.67. The molecule has 2 heterocycles. The van der Waals surface area contributed by atoms with E-state index in [9.17, 15) is 9.59 Å². The Kier molecular flexibility index (Phi) is 3.60. The second-order valence-corrected chi connectivity index (χ2v) is 7.10. The third-order valence-electron chi connectivity index (χ3n) is 5.75. The van der Waals surface area contributed by atoms with Crippen molar-refractivity contribution in [3.05, 3.63) is 23.8 Å². The van der Waals surface area contributed by atoms with Crippen LogP contribution in [0.4, 0.5) is 11.4 Å². The highest BCUT2D eigenvalue weighted by molar-refractivity contribution is 5.98. The monoisotopic (exact) mass is 313 g/mol. The summed E-state index contributed by atoms with van der Waals surface area (Å²) in [6, 6.07) is 5.85. The van der Waals surface area contributed by atoms with Gasteiger partial charge in [0.2, 0.25) is 11.8 Å². The normalized spacial score (nSPS) is 29.4. The van der Waals surface area contributed by atoms with E-state index in [0.29, 0.717) is 12.3 Å². The maximum absolute atomic E-state index is 13.0. The Bertz CT molecular complexity index is 658. The fraction of sp³-hybridized carbons (Fsp3) is 0.556. The molecule has 1 saturated carbocycles. The number of anilines is 2. The molecule has 4 rings (SSSR count). The number of carbonyl (C=O) groups is 2. The molecule has 2 aliphatic heterocycles. The third-order valence-corrected chi connectivity index (χ3v) is 5.75. The Labute approximate surface area is 136 Å². The molecule has 1 aromatic rings. The van der Waals surface area contributed by atoms with Gasteiger partial charge < -0.3 is 16.0 Å². The van der Waals surface area contributed by atoms with E-state index in [4.69, 9.17) is 0 Å². The average molecular weight is 313 g/mol. The Morgan fingerprint density at radius 3 is 3.09 bits per heavy atom. The van der Waals surface area contributed by atoms with Gasteiger partial charge in [-0.15, -0.1) is 0 Å². The number of carbonyl (C=O) groups excluding carboxylic acids is 2. The highest BCUT2D eigenvalue weighted by atomic mass is 16.2. The summed E-state index contributed by atoms with van der Waals surface area (Å²) in [5.41, 5.74) is 2.50. The van der Waals surface area contributed by atoms with Gasteiger partial charge in [-0.1, -0.05) is 18.9 Å². The van der Waals surface area contributed by atoms with Crippen molar-refractivity contribution in [1.82, 2.24) is 5.32 Å². The van der Waals surface area contributed by atoms with Crippen molar-refractivity contribution >= 4 is 23.2 Å². The highest BCUT2D eigenvalue weighted by Gasteiger charge is 2.49. The molecule has 0 aromatic heterocycles. The van der Waals surface area contributed by atoms with E-state index in [0.717, 1.165) is 55.7 Å². The summed E-state index contributed by atoms with van der Waals surface area (Å²) in [5.74, 6) is 0.634. The summed E-state index contributed by atoms with van der Waals surface area (Å²) in [7, 11) is 0. The van der Waals surface area contributed by atoms with E-state index in [1.807, 2.05) is 18.2 Å². The van der Waals surface area contributed by atoms with Gasteiger partial charge in [0.05, 0.1) is 5.41 Å². The van der Waals surface area contributed by atoms with Crippen LogP contribution in [0, 0.1) is 11.3 Å². The number of nitrogens with one attached hydrogen (secondary N) is 3. The Morgan fingerprint density at radius 1 is 1.26 bits per heavy atom. The number of hydrogen-bond acceptors (Lipinski definition) is 3. The number of amides is 2. The molecule has 2 amide bonds. The van der Waals surface area contributed by atoms with Gasteiger partial charge in [0, 0.05) is 24.3 Å². The minimum Gasteiger partial charge on any atom is -0.326 e. The van der Waals surface area contributed by atoms with Crippen LogP contribution in [0.5, 0.6) is 0 Å². The summed E-state index contributed by atoms with van der Waals surface area (Å²) >= 11 is 0. The maximum Gasteiger partial charge on any atom is 0.232 e. The summed E-state index contributed by atoms with van der Waals surface area (Å²) in [6.07, 6.45) is 5.78. The van der Waals surface area contributed by atoms with Crippen LogP contribution >= 0.6 is 0 Å². The Balaban J connectivity index is 1.55. The van der Waals surface area contributed by atoms with Crippen LogP contribution in [0.2, 0.25) is 0 Å². The first-order chi connectivity index (χ1) is 11.2. The molecule has 0 bridgehead atoms. The van der Waals surface area contributed by atoms with Crippen molar-refractivity contribution in [2.75, 3.05) is 23.7 Å². The first-order valence-corrected chi connectivity index (χ1v) is 8.62. The van der Waals surface area contributed by atoms with Crippen LogP contribution in [-0.2, 0) is 16.0 Å². The molecule has 1 aliphatic carbocycles. The summed E-state index contributed by atoms with van der Waals surface area (Å²) in [6.45, 7) is 1.73. The maximum atomic E-state index is 13.0. The molecule has 1 saturated heterocycles. The largest absolute Gasteiger partial charge is 0.326 e. The van der Waals surface area contributed by atoms with Gasteiger partial charge in [0.25, 0.3) is 0 Å². The molecule has 122 valence electrons. The highest BCUT2D eigenvalue weighted by Crippen LogP contribution is 2.44. The van der Waals surface area contributed by atoms with Crippen LogP contribution in [0.25, 0.3) is 0 Å². The van der Waals surface area contributed by atoms with Crippen molar-refractivity contribution in [3.8, 4) is 0 Å². The molecule has 1 aromatic carbocycles. The van der Waals surface area contributed by atoms with Crippen molar-refractivity contribution in [1.29, 1.82) is 0 Å². The topological polar surface area (TPSA) is 70.2 Å². The number of aryl methyl sites for hydroxylation is 1. The lowest BCUT2D eigenvalue weighted by molar-refractivity contribution is -0.128. The SMILES string of the molecule is O=C1CCc2ccc(NC(=O)[C@@]34CCCC[C@H]3CNC4)cc2N1. The molecule has 3 aliphatic rings. The smallest absolute Gasteiger partial charge is 0.232 e. The minimum absolute atomic E-state index is 0.0481. The van der Waals surface area contributed by atoms with Crippen LogP contribution in [-0.4, -0.2) is 24.9 Å². The van der Waals surface area contributed by atoms with Gasteiger partial charge in [0.1, 0.15) is 0 Å². The standard InChI is InChI=1S/C18H23N3O2/c22-16-7-5-12-4-6-14(9-15(12)21-16)20-17(23)18-8-2-1-3-13(18)10-19-11-18/h4,6,9,13,19H,1-3,5,7-8,10-11H2,(H,20,23)(H,21,22)/t13-,18+/m0/s1. The van der Waals surface area contributed by atoms with E-state index >= 15 is 0 Å². The van der Waals surface area contributed by atoms with Crippen molar-refractivity contribution < 1.29 is 9.59 Å². The zero-order valence-corrected chi connectivity index (χ0v) is 13.3. The fourth-order valence-corrected chi connectivity index (χ4v) is 4.40. The average Bonchev–Trinajstić information content (AvgIpc) is 2.99. The Hall–Kier alpha value is -1.88. The number of rotatable bonds is 2. The van der Waals surface area contributed by atoms with Gasteiger partial charge in [0.15, 0.2) is 0 Å². The quantitative estimate of drug-likeness (QED) is 0.784. The van der Waals surface area contributed by atoms with Crippen LogP contribution < -0.4 is 16.0 Å². The second-order valence-electron chi connectivity index (χ2n) is 7.10. The molecule has 0 unspecified atom stereocenters. The molecular formula is C18H23N3O2. The van der Waals surface area contributed by atoms with Gasteiger partial charge in [-0.3, -0.25) is 9.59 Å². The van der Waals surface area contributed by atoms with Crippen molar-refractivity contribution in [3.63, 3.8) is 0 Å². The molecule has 23 heavy (non-hydrogen) atoms. The van der Waals surface area contributed by atoms with Gasteiger partial charge in [-0.2, -0.15) is 0 Å². The lowest BCUT2D eigenvalue weighted by Crippen LogP contribution is -2.44. The van der Waals surface area contributed by atoms with Crippen LogP contribution in [0.3, 0.4) is 0 Å². The van der Waals surface area contributed by atoms with Crippen LogP contribution in [0.1, 0.15) is 37.7 Å². The van der Waals surface area contributed by atoms with Crippen molar-refractivity contribution in [2.45, 2.75) is 38.5 Å². The molecule has 2 fully saturated rings. The lowest BCUT2D eigenvalue weighted by Gasteiger charge is -2.37. The second kappa shape index (κ2) is 5.64. The first-order valence-electron chi connectivity index (χ1n) is 8.62. The van der Waals surface area contributed by atoms with E-state index < -0.39 is 0 Å². The summed E-state index contributed by atoms with van der Waals surface area (Å²) in [5, 5.41) is 9.41. The van der Waals surface area contributed by atoms with Crippen molar-refractivity contribution in [2.24, 2.45) is 11.3 Å². The molecule has 0 spiro atoms. The number of benzene rings is 1. The number of fused-ring (bicyclic) bond motifs is 2. The van der Waals surface area contributed by atoms with E-state index in [1.54, 1.807) is 0 Å². The predicted molar refractivity (Wildman–Crippen MR) is 89.3 cm³/mol. The van der Waals surface area contributed by atoms with Gasteiger partial charge in [-0.05, 0) is 49.4 Å². The van der Waals surface area contributed by atoms with Crippen LogP contribution in [0.15, 0.2) is 18.2 Å². The van der Waals surface area contributed by atoms with E-state index in [-0.39, 0.29) is 17.2 Å². The molecular weight excluding hydrogens is 290 g/mol. The molecule has 2 atom stereocenters. The fourth-order valence-electron chi connectivity index (χ4n) is 4.40. The van der Waals surface area contributed by atoms with E-state index in [1.165, 1.54) is 6.42 Å². The third kappa shape index (κ3) is 2.53. The molecule has 3 N–H and O–H groups in total. The zero-order valence-electron chi connectivity index (χ0n) is 13.3. The molecule has 5 heteroatoms. The van der Waals surface area contributed by atoms with E-state index in [2.05, 4.69) is 16.0 Å². The Morgan fingerprint density at radius 2 is 2.17 bits per heavy atom. The summed E-state index contributed by atoms with van der Waals surface area (Å²) in [4.78, 5) is 24.5. The first kappa shape index (κ1) is 14.7. The zero-order chi connectivity index (χ0) is 15.9. The number of hydrogen-bond donors (Lipinski definition) is 3. The predicted octanol–water partition coefficient (Wildman–Crippen LogP) is 2.29. The summed E-state index contributed by atoms with van der Waals surface area (Å²) < 4.78 is 0. The molecule has 5 nitrogen and oxygen atoms in total. The van der Waals surface area contributed by atoms with Gasteiger partial charge >= 0.3 is 0 Å². The van der Waals surface area contributed by atoms with Gasteiger partial charge in [-0.25, -0.2) is 0 Å².